The van der Waals surface area contributed by atoms with Crippen LogP contribution in [0.4, 0.5) is 0 Å². The highest BCUT2D eigenvalue weighted by atomic mass is 16.6. The van der Waals surface area contributed by atoms with Gasteiger partial charge >= 0.3 is 17.9 Å². The number of hydrogen-bond acceptors (Lipinski definition) is 6. The Morgan fingerprint density at radius 3 is 1.53 bits per heavy atom. The average Bonchev–Trinajstić information content (AvgIpc) is 3.11. The second-order valence-electron chi connectivity index (χ2n) is 14.5. The summed E-state index contributed by atoms with van der Waals surface area (Å²) in [5.41, 5.74) is 0. The summed E-state index contributed by atoms with van der Waals surface area (Å²) in [6.07, 6.45) is 43.9. The Kier molecular flexibility index (Phi) is 33.6. The van der Waals surface area contributed by atoms with Gasteiger partial charge in [-0.3, -0.25) is 9.59 Å². The molecule has 0 bridgehead atoms. The Morgan fingerprint density at radius 1 is 0.585 bits per heavy atom. The van der Waals surface area contributed by atoms with Gasteiger partial charge in [0.25, 0.3) is 0 Å². The molecule has 0 fully saturated rings. The van der Waals surface area contributed by atoms with E-state index < -0.39 is 18.1 Å². The summed E-state index contributed by atoms with van der Waals surface area (Å²) >= 11 is 0. The van der Waals surface area contributed by atoms with Gasteiger partial charge in [-0.25, -0.2) is 4.79 Å². The zero-order chi connectivity index (χ0) is 39.3. The van der Waals surface area contributed by atoms with Gasteiger partial charge in [0.05, 0.1) is 34.4 Å². The first-order valence-electron chi connectivity index (χ1n) is 20.5. The summed E-state index contributed by atoms with van der Waals surface area (Å²) in [5, 5.41) is 9.59. The number of carboxylic acids is 1. The van der Waals surface area contributed by atoms with Gasteiger partial charge in [0.15, 0.2) is 12.1 Å². The van der Waals surface area contributed by atoms with E-state index in [-0.39, 0.29) is 42.7 Å². The first-order valence-corrected chi connectivity index (χ1v) is 20.5. The maximum absolute atomic E-state index is 12.6. The minimum Gasteiger partial charge on any atom is -0.477 e. The summed E-state index contributed by atoms with van der Waals surface area (Å²) in [6.45, 7) is 4.51. The van der Waals surface area contributed by atoms with Gasteiger partial charge in [-0.2, -0.15) is 0 Å². The van der Waals surface area contributed by atoms with Crippen molar-refractivity contribution in [3.05, 3.63) is 72.9 Å². The van der Waals surface area contributed by atoms with Crippen LogP contribution in [0.1, 0.15) is 142 Å². The van der Waals surface area contributed by atoms with Gasteiger partial charge in [-0.05, 0) is 51.4 Å². The van der Waals surface area contributed by atoms with Crippen molar-refractivity contribution in [2.24, 2.45) is 0 Å². The number of nitrogens with zero attached hydrogens (tertiary/aromatic N) is 1. The molecule has 53 heavy (non-hydrogen) atoms. The normalized spacial score (nSPS) is 13.8. The van der Waals surface area contributed by atoms with E-state index in [1.54, 1.807) is 0 Å². The third kappa shape index (κ3) is 34.3. The highest BCUT2D eigenvalue weighted by Crippen LogP contribution is 2.13. The van der Waals surface area contributed by atoms with E-state index in [1.807, 2.05) is 33.3 Å². The number of allylic oxidation sites excluding steroid dienone is 12. The van der Waals surface area contributed by atoms with Crippen LogP contribution in [-0.2, 0) is 28.6 Å². The van der Waals surface area contributed by atoms with Crippen molar-refractivity contribution < 1.29 is 38.2 Å². The number of quaternary nitrogens is 1. The largest absolute Gasteiger partial charge is 0.477 e. The van der Waals surface area contributed by atoms with Crippen molar-refractivity contribution in [2.45, 2.75) is 154 Å². The third-order valence-corrected chi connectivity index (χ3v) is 8.63. The molecule has 0 aromatic rings. The number of carboxylic acid groups (broad SMARTS) is 1. The average molecular weight is 743 g/mol. The number of ether oxygens (including phenoxy) is 3. The Balaban J connectivity index is 4.49. The van der Waals surface area contributed by atoms with Crippen LogP contribution in [0.2, 0.25) is 0 Å². The minimum atomic E-state index is -0.888. The molecule has 0 radical (unpaired) electrons. The zero-order valence-corrected chi connectivity index (χ0v) is 34.2. The minimum absolute atomic E-state index is 0.0354. The van der Waals surface area contributed by atoms with E-state index in [0.29, 0.717) is 19.3 Å². The summed E-state index contributed by atoms with van der Waals surface area (Å²) in [5.74, 6) is -1.58. The smallest absolute Gasteiger partial charge is 0.362 e. The Morgan fingerprint density at radius 2 is 1.06 bits per heavy atom. The second-order valence-corrected chi connectivity index (χ2v) is 14.5. The number of rotatable bonds is 35. The van der Waals surface area contributed by atoms with Crippen LogP contribution in [0.25, 0.3) is 0 Å². The van der Waals surface area contributed by atoms with E-state index in [2.05, 4.69) is 74.6 Å². The number of carbonyl (C=O) groups excluding carboxylic acids is 2. The Hall–Kier alpha value is -3.23. The lowest BCUT2D eigenvalue weighted by Crippen LogP contribution is -2.50. The van der Waals surface area contributed by atoms with E-state index in [9.17, 15) is 19.5 Å². The Labute approximate surface area is 323 Å². The molecule has 0 aromatic carbocycles. The maximum Gasteiger partial charge on any atom is 0.362 e. The number of esters is 2. The molecule has 2 atom stereocenters. The predicted molar refractivity (Wildman–Crippen MR) is 220 cm³/mol. The van der Waals surface area contributed by atoms with E-state index in [0.717, 1.165) is 57.8 Å². The Bertz CT molecular complexity index is 1100. The summed E-state index contributed by atoms with van der Waals surface area (Å²) < 4.78 is 17.1. The number of unbranched alkanes of at least 4 members (excludes halogenated alkanes) is 9. The van der Waals surface area contributed by atoms with E-state index in [1.165, 1.54) is 44.9 Å². The molecule has 0 aliphatic rings. The van der Waals surface area contributed by atoms with Gasteiger partial charge in [-0.1, -0.05) is 145 Å². The SMILES string of the molecule is CC/C=C/C/C=C/C/C=C/C/C=C/C/C=C/C/C=C/CCC(=O)OCC(COCCC(C(=O)O)[N+](C)(C)C)OC(=O)CCCCCCCCCCCC. The van der Waals surface area contributed by atoms with Gasteiger partial charge in [0, 0.05) is 19.3 Å². The van der Waals surface area contributed by atoms with Gasteiger partial charge in [0.2, 0.25) is 0 Å². The van der Waals surface area contributed by atoms with Crippen LogP contribution in [0.3, 0.4) is 0 Å². The predicted octanol–water partition coefficient (Wildman–Crippen LogP) is 10.8. The van der Waals surface area contributed by atoms with Crippen molar-refractivity contribution in [2.75, 3.05) is 41.0 Å². The molecule has 0 aliphatic carbocycles. The van der Waals surface area contributed by atoms with Crippen LogP contribution in [0.15, 0.2) is 72.9 Å². The molecule has 1 N–H and O–H groups in total. The lowest BCUT2D eigenvalue weighted by Gasteiger charge is -2.31. The number of carbonyl (C=O) groups is 3. The van der Waals surface area contributed by atoms with E-state index >= 15 is 0 Å². The molecule has 0 heterocycles. The van der Waals surface area contributed by atoms with Crippen LogP contribution in [0, 0.1) is 0 Å². The lowest BCUT2D eigenvalue weighted by molar-refractivity contribution is -0.887. The molecule has 0 amide bonds. The maximum atomic E-state index is 12.6. The summed E-state index contributed by atoms with van der Waals surface area (Å²) in [6, 6.07) is -0.626. The van der Waals surface area contributed by atoms with Crippen LogP contribution < -0.4 is 0 Å². The van der Waals surface area contributed by atoms with Crippen LogP contribution in [-0.4, -0.2) is 80.6 Å². The summed E-state index contributed by atoms with van der Waals surface area (Å²) in [4.78, 5) is 36.8. The standard InChI is InChI=1S/C45H75NO7/c1-6-8-10-12-14-16-18-19-20-21-22-23-24-25-26-28-29-31-33-35-43(47)52-40-41(39-51-38-37-42(45(49)50)46(3,4)5)53-44(48)36-34-32-30-27-17-15-13-11-9-7-2/h8,10,14,16,19-20,22-23,25-26,29,31,41-42H,6-7,9,11-13,15,17-18,21,24,27-28,30,32-40H2,1-5H3/p+1/b10-8+,16-14+,20-19+,23-22+,26-25+,31-29+. The van der Waals surface area contributed by atoms with Crippen LogP contribution >= 0.6 is 0 Å². The highest BCUT2D eigenvalue weighted by Gasteiger charge is 2.31. The van der Waals surface area contributed by atoms with Gasteiger partial charge in [-0.15, -0.1) is 0 Å². The van der Waals surface area contributed by atoms with Crippen molar-refractivity contribution >= 4 is 17.9 Å². The van der Waals surface area contributed by atoms with Gasteiger partial charge < -0.3 is 23.8 Å². The quantitative estimate of drug-likeness (QED) is 0.0299. The summed E-state index contributed by atoms with van der Waals surface area (Å²) in [7, 11) is 5.49. The molecule has 302 valence electrons. The molecule has 0 saturated heterocycles. The molecule has 8 nitrogen and oxygen atoms in total. The molecule has 0 saturated carbocycles. The molecule has 0 spiro atoms. The number of likely N-dealkylation sites (N-methyl/N-ethyl adjacent to an activating group) is 1. The van der Waals surface area contributed by atoms with Crippen molar-refractivity contribution in [1.29, 1.82) is 0 Å². The fraction of sp³-hybridized carbons (Fsp3) is 0.667. The molecular formula is C45H76NO7+. The fourth-order valence-electron chi connectivity index (χ4n) is 5.47. The highest BCUT2D eigenvalue weighted by molar-refractivity contribution is 5.72. The zero-order valence-electron chi connectivity index (χ0n) is 34.2. The first-order chi connectivity index (χ1) is 25.6. The fourth-order valence-corrected chi connectivity index (χ4v) is 5.47. The molecule has 2 unspecified atom stereocenters. The second kappa shape index (κ2) is 35.8. The van der Waals surface area contributed by atoms with Crippen molar-refractivity contribution in [3.8, 4) is 0 Å². The topological polar surface area (TPSA) is 99.1 Å². The molecule has 0 aromatic heterocycles. The van der Waals surface area contributed by atoms with Gasteiger partial charge in [0.1, 0.15) is 6.61 Å². The first kappa shape index (κ1) is 49.8. The van der Waals surface area contributed by atoms with E-state index in [4.69, 9.17) is 14.2 Å². The number of hydrogen-bond donors (Lipinski definition) is 1. The molecular weight excluding hydrogens is 666 g/mol. The molecule has 0 rings (SSSR count). The van der Waals surface area contributed by atoms with Crippen molar-refractivity contribution in [3.63, 3.8) is 0 Å². The molecule has 0 aliphatic heterocycles. The lowest BCUT2D eigenvalue weighted by atomic mass is 10.1. The monoisotopic (exact) mass is 743 g/mol. The molecule has 8 heteroatoms. The number of aliphatic carboxylic acids is 1. The van der Waals surface area contributed by atoms with Crippen LogP contribution in [0.5, 0.6) is 0 Å². The third-order valence-electron chi connectivity index (χ3n) is 8.63. The van der Waals surface area contributed by atoms with Crippen molar-refractivity contribution in [1.82, 2.24) is 0 Å².